The van der Waals surface area contributed by atoms with Gasteiger partial charge in [0.15, 0.2) is 5.78 Å². The van der Waals surface area contributed by atoms with E-state index in [1.165, 1.54) is 11.3 Å². The molecule has 2 aromatic carbocycles. The summed E-state index contributed by atoms with van der Waals surface area (Å²) < 4.78 is 0. The van der Waals surface area contributed by atoms with Crippen molar-refractivity contribution >= 4 is 33.9 Å². The van der Waals surface area contributed by atoms with Crippen LogP contribution in [-0.2, 0) is 0 Å². The summed E-state index contributed by atoms with van der Waals surface area (Å²) in [5.74, 6) is -0.662. The number of aryl methyl sites for hydroxylation is 1. The van der Waals surface area contributed by atoms with E-state index >= 15 is 0 Å². The Labute approximate surface area is 167 Å². The Hall–Kier alpha value is -3.25. The molecule has 0 aliphatic carbocycles. The quantitative estimate of drug-likeness (QED) is 0.639. The summed E-state index contributed by atoms with van der Waals surface area (Å²) in [6, 6.07) is 15.5. The standard InChI is InChI=1S/C22H20N2O3S/c1-13-14(2)28-22(18(13)21(27)23-3)24-20(26)17-11-9-16(10-12-17)19(25)15-7-5-4-6-8-15/h4-12H,1-3H3,(H,23,27)(H,24,26). The maximum Gasteiger partial charge on any atom is 0.256 e. The van der Waals surface area contributed by atoms with Crippen molar-refractivity contribution in [2.75, 3.05) is 12.4 Å². The van der Waals surface area contributed by atoms with Crippen molar-refractivity contribution in [1.29, 1.82) is 0 Å². The molecule has 1 aromatic heterocycles. The summed E-state index contributed by atoms with van der Waals surface area (Å²) in [4.78, 5) is 38.2. The van der Waals surface area contributed by atoms with E-state index in [2.05, 4.69) is 10.6 Å². The van der Waals surface area contributed by atoms with Crippen LogP contribution in [0.15, 0.2) is 54.6 Å². The second-order valence-corrected chi connectivity index (χ2v) is 7.52. The molecular formula is C22H20N2O3S. The molecule has 0 unspecified atom stereocenters. The number of hydrogen-bond acceptors (Lipinski definition) is 4. The number of amides is 2. The number of anilines is 1. The minimum absolute atomic E-state index is 0.0982. The molecule has 0 radical (unpaired) electrons. The first-order chi connectivity index (χ1) is 13.4. The van der Waals surface area contributed by atoms with Gasteiger partial charge in [0, 0.05) is 28.6 Å². The maximum atomic E-state index is 12.6. The third-order valence-corrected chi connectivity index (χ3v) is 5.63. The van der Waals surface area contributed by atoms with E-state index in [9.17, 15) is 14.4 Å². The van der Waals surface area contributed by atoms with E-state index < -0.39 is 0 Å². The molecule has 0 spiro atoms. The number of nitrogens with one attached hydrogen (secondary N) is 2. The van der Waals surface area contributed by atoms with Gasteiger partial charge in [0.2, 0.25) is 0 Å². The van der Waals surface area contributed by atoms with Crippen LogP contribution in [-0.4, -0.2) is 24.6 Å². The first-order valence-corrected chi connectivity index (χ1v) is 9.57. The molecule has 0 saturated carbocycles. The van der Waals surface area contributed by atoms with Crippen LogP contribution >= 0.6 is 11.3 Å². The third kappa shape index (κ3) is 3.87. The van der Waals surface area contributed by atoms with E-state index in [0.29, 0.717) is 27.3 Å². The van der Waals surface area contributed by atoms with Crippen LogP contribution < -0.4 is 10.6 Å². The maximum absolute atomic E-state index is 12.6. The summed E-state index contributed by atoms with van der Waals surface area (Å²) in [5.41, 5.74) is 2.85. The van der Waals surface area contributed by atoms with Gasteiger partial charge < -0.3 is 10.6 Å². The molecule has 2 N–H and O–H groups in total. The van der Waals surface area contributed by atoms with Crippen LogP contribution in [0.5, 0.6) is 0 Å². The Morgan fingerprint density at radius 1 is 0.786 bits per heavy atom. The van der Waals surface area contributed by atoms with Gasteiger partial charge in [-0.25, -0.2) is 0 Å². The minimum atomic E-state index is -0.329. The molecule has 142 valence electrons. The van der Waals surface area contributed by atoms with Crippen molar-refractivity contribution in [3.05, 3.63) is 87.3 Å². The van der Waals surface area contributed by atoms with Crippen LogP contribution in [0.3, 0.4) is 0 Å². The lowest BCUT2D eigenvalue weighted by molar-refractivity contribution is 0.0963. The molecule has 0 atom stereocenters. The van der Waals surface area contributed by atoms with Gasteiger partial charge in [0.05, 0.1) is 5.56 Å². The SMILES string of the molecule is CNC(=O)c1c(NC(=O)c2ccc(C(=O)c3ccccc3)cc2)sc(C)c1C. The highest BCUT2D eigenvalue weighted by Crippen LogP contribution is 2.32. The van der Waals surface area contributed by atoms with Gasteiger partial charge in [-0.3, -0.25) is 14.4 Å². The number of thiophene rings is 1. The number of ketones is 1. The summed E-state index contributed by atoms with van der Waals surface area (Å²) in [5, 5.41) is 5.94. The molecule has 28 heavy (non-hydrogen) atoms. The largest absolute Gasteiger partial charge is 0.355 e. The van der Waals surface area contributed by atoms with Gasteiger partial charge in [-0.1, -0.05) is 42.5 Å². The summed E-state index contributed by atoms with van der Waals surface area (Å²) >= 11 is 1.37. The predicted molar refractivity (Wildman–Crippen MR) is 111 cm³/mol. The molecular weight excluding hydrogens is 372 g/mol. The van der Waals surface area contributed by atoms with Crippen LogP contribution in [0.25, 0.3) is 0 Å². The zero-order valence-corrected chi connectivity index (χ0v) is 16.6. The summed E-state index contributed by atoms with van der Waals surface area (Å²) in [6.07, 6.45) is 0. The third-order valence-electron chi connectivity index (χ3n) is 4.51. The fourth-order valence-electron chi connectivity index (χ4n) is 2.82. The van der Waals surface area contributed by atoms with E-state index in [-0.39, 0.29) is 17.6 Å². The van der Waals surface area contributed by atoms with Gasteiger partial charge in [-0.05, 0) is 31.5 Å². The normalized spacial score (nSPS) is 10.4. The molecule has 0 saturated heterocycles. The Bertz CT molecular complexity index is 1040. The zero-order valence-electron chi connectivity index (χ0n) is 15.8. The first kappa shape index (κ1) is 19.5. The van der Waals surface area contributed by atoms with E-state index in [1.54, 1.807) is 43.4 Å². The highest BCUT2D eigenvalue weighted by molar-refractivity contribution is 7.16. The lowest BCUT2D eigenvalue weighted by atomic mass is 10.0. The second-order valence-electron chi connectivity index (χ2n) is 6.29. The first-order valence-electron chi connectivity index (χ1n) is 8.75. The smallest absolute Gasteiger partial charge is 0.256 e. The van der Waals surface area contributed by atoms with Gasteiger partial charge in [0.25, 0.3) is 11.8 Å². The number of benzene rings is 2. The van der Waals surface area contributed by atoms with Crippen molar-refractivity contribution in [2.45, 2.75) is 13.8 Å². The van der Waals surface area contributed by atoms with Crippen molar-refractivity contribution in [1.82, 2.24) is 5.32 Å². The molecule has 3 aromatic rings. The molecule has 5 nitrogen and oxygen atoms in total. The lowest BCUT2D eigenvalue weighted by Gasteiger charge is -2.07. The fourth-order valence-corrected chi connectivity index (χ4v) is 3.87. The number of carbonyl (C=O) groups excluding carboxylic acids is 3. The molecule has 3 rings (SSSR count). The zero-order chi connectivity index (χ0) is 20.3. The molecule has 0 aliphatic heterocycles. The Balaban J connectivity index is 1.80. The van der Waals surface area contributed by atoms with Gasteiger partial charge in [-0.2, -0.15) is 0 Å². The highest BCUT2D eigenvalue weighted by atomic mass is 32.1. The van der Waals surface area contributed by atoms with Crippen molar-refractivity contribution in [3.8, 4) is 0 Å². The van der Waals surface area contributed by atoms with E-state index in [0.717, 1.165) is 10.4 Å². The number of hydrogen-bond donors (Lipinski definition) is 2. The van der Waals surface area contributed by atoms with Gasteiger partial charge in [0.1, 0.15) is 5.00 Å². The Morgan fingerprint density at radius 2 is 1.36 bits per heavy atom. The second kappa shape index (κ2) is 8.19. The molecule has 1 heterocycles. The fraction of sp³-hybridized carbons (Fsp3) is 0.136. The summed E-state index contributed by atoms with van der Waals surface area (Å²) in [7, 11) is 1.56. The molecule has 0 bridgehead atoms. The number of carbonyl (C=O) groups is 3. The minimum Gasteiger partial charge on any atom is -0.355 e. The number of rotatable bonds is 5. The van der Waals surface area contributed by atoms with Crippen LogP contribution in [0.4, 0.5) is 5.00 Å². The van der Waals surface area contributed by atoms with Crippen molar-refractivity contribution < 1.29 is 14.4 Å². The van der Waals surface area contributed by atoms with Crippen LogP contribution in [0.1, 0.15) is 47.1 Å². The average Bonchev–Trinajstić information content (AvgIpc) is 3.00. The van der Waals surface area contributed by atoms with Crippen LogP contribution in [0, 0.1) is 13.8 Å². The highest BCUT2D eigenvalue weighted by Gasteiger charge is 2.20. The van der Waals surface area contributed by atoms with Crippen molar-refractivity contribution in [3.63, 3.8) is 0 Å². The van der Waals surface area contributed by atoms with Gasteiger partial charge in [-0.15, -0.1) is 11.3 Å². The molecule has 6 heteroatoms. The molecule has 0 fully saturated rings. The predicted octanol–water partition coefficient (Wildman–Crippen LogP) is 4.21. The lowest BCUT2D eigenvalue weighted by Crippen LogP contribution is -2.21. The monoisotopic (exact) mass is 392 g/mol. The van der Waals surface area contributed by atoms with E-state index in [1.807, 2.05) is 32.0 Å². The van der Waals surface area contributed by atoms with E-state index in [4.69, 9.17) is 0 Å². The van der Waals surface area contributed by atoms with Crippen molar-refractivity contribution in [2.24, 2.45) is 0 Å². The topological polar surface area (TPSA) is 75.3 Å². The summed E-state index contributed by atoms with van der Waals surface area (Å²) in [6.45, 7) is 3.77. The Morgan fingerprint density at radius 3 is 1.96 bits per heavy atom. The molecule has 2 amide bonds. The van der Waals surface area contributed by atoms with Gasteiger partial charge >= 0.3 is 0 Å². The Kier molecular flexibility index (Phi) is 5.70. The average molecular weight is 392 g/mol. The molecule has 0 aliphatic rings. The van der Waals surface area contributed by atoms with Crippen LogP contribution in [0.2, 0.25) is 0 Å².